The molecule has 0 saturated carbocycles. The molecule has 0 spiro atoms. The molecular formula is C20H22ClN3O3. The van der Waals surface area contributed by atoms with Crippen molar-refractivity contribution < 1.29 is 14.3 Å². The minimum absolute atomic E-state index is 0.114. The number of fused-ring (bicyclic) bond motifs is 1. The van der Waals surface area contributed by atoms with Gasteiger partial charge in [0.2, 0.25) is 0 Å². The van der Waals surface area contributed by atoms with Gasteiger partial charge in [0.15, 0.2) is 0 Å². The average Bonchev–Trinajstić information content (AvgIpc) is 2.69. The molecule has 0 aliphatic carbocycles. The molecule has 0 radical (unpaired) electrons. The summed E-state index contributed by atoms with van der Waals surface area (Å²) in [4.78, 5) is 33.0. The van der Waals surface area contributed by atoms with Gasteiger partial charge in [-0.15, -0.1) is 0 Å². The van der Waals surface area contributed by atoms with Crippen LogP contribution in [0, 0.1) is 0 Å². The molecule has 0 unspecified atom stereocenters. The first kappa shape index (κ1) is 19.2. The molecule has 0 N–H and O–H groups in total. The highest BCUT2D eigenvalue weighted by Gasteiger charge is 2.21. The molecule has 1 aliphatic heterocycles. The van der Waals surface area contributed by atoms with E-state index in [2.05, 4.69) is 4.98 Å². The SMILES string of the molecule is CN1CCCCN(C(=O)c2ccccn2)CCOc2ccc(Cl)cc2C1=O. The molecule has 6 nitrogen and oxygen atoms in total. The Hall–Kier alpha value is -2.60. The molecule has 27 heavy (non-hydrogen) atoms. The Morgan fingerprint density at radius 3 is 2.74 bits per heavy atom. The van der Waals surface area contributed by atoms with Crippen molar-refractivity contribution >= 4 is 23.4 Å². The Morgan fingerprint density at radius 2 is 1.96 bits per heavy atom. The number of benzene rings is 1. The van der Waals surface area contributed by atoms with Crippen LogP contribution in [0.5, 0.6) is 5.75 Å². The van der Waals surface area contributed by atoms with Crippen LogP contribution in [0.1, 0.15) is 33.7 Å². The number of rotatable bonds is 1. The minimum Gasteiger partial charge on any atom is -0.491 e. The van der Waals surface area contributed by atoms with Crippen LogP contribution >= 0.6 is 11.6 Å². The van der Waals surface area contributed by atoms with Crippen LogP contribution in [0.15, 0.2) is 42.6 Å². The lowest BCUT2D eigenvalue weighted by atomic mass is 10.1. The summed E-state index contributed by atoms with van der Waals surface area (Å²) in [6, 6.07) is 10.3. The summed E-state index contributed by atoms with van der Waals surface area (Å²) in [5, 5.41) is 0.484. The summed E-state index contributed by atoms with van der Waals surface area (Å²) in [5.41, 5.74) is 0.859. The fourth-order valence-electron chi connectivity index (χ4n) is 2.99. The van der Waals surface area contributed by atoms with Gasteiger partial charge in [-0.05, 0) is 43.2 Å². The smallest absolute Gasteiger partial charge is 0.272 e. The van der Waals surface area contributed by atoms with Gasteiger partial charge < -0.3 is 14.5 Å². The molecule has 2 aromatic rings. The number of nitrogens with zero attached hydrogens (tertiary/aromatic N) is 3. The highest BCUT2D eigenvalue weighted by molar-refractivity contribution is 6.31. The fraction of sp³-hybridized carbons (Fsp3) is 0.350. The van der Waals surface area contributed by atoms with E-state index < -0.39 is 0 Å². The van der Waals surface area contributed by atoms with E-state index >= 15 is 0 Å². The van der Waals surface area contributed by atoms with E-state index in [1.807, 2.05) is 0 Å². The zero-order chi connectivity index (χ0) is 19.2. The Kier molecular flexibility index (Phi) is 6.29. The van der Waals surface area contributed by atoms with Crippen molar-refractivity contribution in [3.05, 3.63) is 58.9 Å². The van der Waals surface area contributed by atoms with Crippen molar-refractivity contribution in [1.82, 2.24) is 14.8 Å². The summed E-state index contributed by atoms with van der Waals surface area (Å²) in [7, 11) is 1.76. The van der Waals surface area contributed by atoms with Gasteiger partial charge in [-0.1, -0.05) is 17.7 Å². The van der Waals surface area contributed by atoms with Crippen LogP contribution in [0.2, 0.25) is 5.02 Å². The molecule has 0 fully saturated rings. The molecule has 2 heterocycles. The standard InChI is InChI=1S/C20H22ClN3O3/c1-23-10-4-5-11-24(20(26)17-6-2-3-9-22-17)12-13-27-18-8-7-15(21)14-16(18)19(23)25/h2-3,6-9,14H,4-5,10-13H2,1H3. The molecule has 2 amide bonds. The number of pyridine rings is 1. The van der Waals surface area contributed by atoms with Crippen LogP contribution in [0.25, 0.3) is 0 Å². The Balaban J connectivity index is 1.80. The Morgan fingerprint density at radius 1 is 1.15 bits per heavy atom. The van der Waals surface area contributed by atoms with E-state index in [-0.39, 0.29) is 18.4 Å². The van der Waals surface area contributed by atoms with Crippen molar-refractivity contribution in [3.8, 4) is 5.75 Å². The third kappa shape index (κ3) is 4.77. The number of halogens is 1. The first-order valence-corrected chi connectivity index (χ1v) is 9.32. The topological polar surface area (TPSA) is 62.7 Å². The maximum absolute atomic E-state index is 12.7. The van der Waals surface area contributed by atoms with Crippen molar-refractivity contribution in [3.63, 3.8) is 0 Å². The van der Waals surface area contributed by atoms with Crippen molar-refractivity contribution in [2.75, 3.05) is 33.3 Å². The van der Waals surface area contributed by atoms with Gasteiger partial charge in [-0.3, -0.25) is 14.6 Å². The maximum Gasteiger partial charge on any atom is 0.272 e. The monoisotopic (exact) mass is 387 g/mol. The van der Waals surface area contributed by atoms with E-state index in [1.54, 1.807) is 59.4 Å². The molecule has 142 valence electrons. The van der Waals surface area contributed by atoms with Crippen LogP contribution in [0.3, 0.4) is 0 Å². The third-order valence-corrected chi connectivity index (χ3v) is 4.72. The van der Waals surface area contributed by atoms with E-state index in [9.17, 15) is 9.59 Å². The number of carbonyl (C=O) groups is 2. The number of aromatic nitrogens is 1. The van der Waals surface area contributed by atoms with Gasteiger partial charge in [0.25, 0.3) is 11.8 Å². The van der Waals surface area contributed by atoms with Gasteiger partial charge in [-0.2, -0.15) is 0 Å². The lowest BCUT2D eigenvalue weighted by Crippen LogP contribution is -2.37. The van der Waals surface area contributed by atoms with E-state index in [4.69, 9.17) is 16.3 Å². The predicted molar refractivity (Wildman–Crippen MR) is 103 cm³/mol. The second-order valence-corrected chi connectivity index (χ2v) is 6.87. The highest BCUT2D eigenvalue weighted by atomic mass is 35.5. The van der Waals surface area contributed by atoms with Crippen LogP contribution < -0.4 is 4.74 Å². The van der Waals surface area contributed by atoms with Crippen molar-refractivity contribution in [1.29, 1.82) is 0 Å². The third-order valence-electron chi connectivity index (χ3n) is 4.48. The van der Waals surface area contributed by atoms with E-state index in [0.717, 1.165) is 12.8 Å². The van der Waals surface area contributed by atoms with Crippen molar-refractivity contribution in [2.45, 2.75) is 12.8 Å². The molecule has 3 rings (SSSR count). The first-order chi connectivity index (χ1) is 13.1. The number of hydrogen-bond donors (Lipinski definition) is 0. The Labute approximate surface area is 163 Å². The van der Waals surface area contributed by atoms with Gasteiger partial charge in [-0.25, -0.2) is 0 Å². The Bertz CT molecular complexity index is 813. The fourth-order valence-corrected chi connectivity index (χ4v) is 3.16. The first-order valence-electron chi connectivity index (χ1n) is 8.94. The maximum atomic E-state index is 12.7. The largest absolute Gasteiger partial charge is 0.491 e. The average molecular weight is 388 g/mol. The van der Waals surface area contributed by atoms with Gasteiger partial charge in [0, 0.05) is 31.4 Å². The minimum atomic E-state index is -0.116. The van der Waals surface area contributed by atoms with E-state index in [0.29, 0.717) is 41.7 Å². The van der Waals surface area contributed by atoms with Crippen LogP contribution in [-0.2, 0) is 0 Å². The quantitative estimate of drug-likeness (QED) is 0.754. The van der Waals surface area contributed by atoms with Gasteiger partial charge in [0.1, 0.15) is 18.1 Å². The predicted octanol–water partition coefficient (Wildman–Crippen LogP) is 3.12. The molecule has 0 saturated heterocycles. The van der Waals surface area contributed by atoms with Gasteiger partial charge >= 0.3 is 0 Å². The normalized spacial score (nSPS) is 16.0. The van der Waals surface area contributed by atoms with Gasteiger partial charge in [0.05, 0.1) is 12.1 Å². The number of hydrogen-bond acceptors (Lipinski definition) is 4. The summed E-state index contributed by atoms with van der Waals surface area (Å²) in [6.45, 7) is 1.89. The molecule has 0 bridgehead atoms. The number of ether oxygens (including phenoxy) is 1. The lowest BCUT2D eigenvalue weighted by Gasteiger charge is -2.25. The second-order valence-electron chi connectivity index (χ2n) is 6.43. The number of carbonyl (C=O) groups excluding carboxylic acids is 2. The second kappa shape index (κ2) is 8.86. The summed E-state index contributed by atoms with van der Waals surface area (Å²) in [6.07, 6.45) is 3.20. The molecule has 7 heteroatoms. The van der Waals surface area contributed by atoms with E-state index in [1.165, 1.54) is 0 Å². The zero-order valence-electron chi connectivity index (χ0n) is 15.2. The molecular weight excluding hydrogens is 366 g/mol. The zero-order valence-corrected chi connectivity index (χ0v) is 16.0. The van der Waals surface area contributed by atoms with Crippen LogP contribution in [-0.4, -0.2) is 59.9 Å². The molecule has 1 aliphatic rings. The summed E-state index contributed by atoms with van der Waals surface area (Å²) >= 11 is 6.06. The summed E-state index contributed by atoms with van der Waals surface area (Å²) < 4.78 is 5.83. The van der Waals surface area contributed by atoms with Crippen LogP contribution in [0.4, 0.5) is 0 Å². The number of amides is 2. The highest BCUT2D eigenvalue weighted by Crippen LogP contribution is 2.24. The lowest BCUT2D eigenvalue weighted by molar-refractivity contribution is 0.0699. The molecule has 0 atom stereocenters. The van der Waals surface area contributed by atoms with Crippen molar-refractivity contribution in [2.24, 2.45) is 0 Å². The molecule has 1 aromatic heterocycles. The summed E-state index contributed by atoms with van der Waals surface area (Å²) in [5.74, 6) is 0.244. The molecule has 1 aromatic carbocycles.